The summed E-state index contributed by atoms with van der Waals surface area (Å²) in [7, 11) is -3.81. The van der Waals surface area contributed by atoms with Crippen LogP contribution in [-0.4, -0.2) is 57.0 Å². The maximum absolute atomic E-state index is 12.9. The molecule has 0 bridgehead atoms. The Balaban J connectivity index is 1.52. The van der Waals surface area contributed by atoms with E-state index < -0.39 is 22.2 Å². The molecule has 1 aliphatic rings. The van der Waals surface area contributed by atoms with E-state index in [1.54, 1.807) is 12.1 Å². The Hall–Kier alpha value is -2.66. The molecule has 9 nitrogen and oxygen atoms in total. The fourth-order valence-corrected chi connectivity index (χ4v) is 5.02. The first kappa shape index (κ1) is 26.0. The standard InChI is InChI=1S/C24H33N3O6S/c1-17(2)26-24(29)25-15-14-20-10-13-22(23(16-28)33-20)27-34(30,31)21-11-8-19(9-12-21)32-18-6-4-3-5-7-18/h3-9,11-12,17,20,22-23,27-28H,10,13-16H2,1-2H3,(H2,25,26,29)/t20-,22-,23+/m0/s1. The molecule has 186 valence electrons. The topological polar surface area (TPSA) is 126 Å². The summed E-state index contributed by atoms with van der Waals surface area (Å²) in [5.41, 5.74) is 0. The van der Waals surface area contributed by atoms with Crippen LogP contribution in [-0.2, 0) is 14.8 Å². The van der Waals surface area contributed by atoms with E-state index >= 15 is 0 Å². The Morgan fingerprint density at radius 2 is 1.76 bits per heavy atom. The molecule has 0 saturated carbocycles. The van der Waals surface area contributed by atoms with Gasteiger partial charge in [0.15, 0.2) is 0 Å². The number of benzene rings is 2. The van der Waals surface area contributed by atoms with Crippen molar-refractivity contribution in [1.29, 1.82) is 0 Å². The number of amides is 2. The number of hydrogen-bond donors (Lipinski definition) is 4. The van der Waals surface area contributed by atoms with Crippen LogP contribution in [0.5, 0.6) is 11.5 Å². The highest BCUT2D eigenvalue weighted by Crippen LogP contribution is 2.25. The molecular formula is C24H33N3O6S. The molecule has 3 rings (SSSR count). The van der Waals surface area contributed by atoms with Crippen LogP contribution in [0.25, 0.3) is 0 Å². The predicted molar refractivity (Wildman–Crippen MR) is 128 cm³/mol. The van der Waals surface area contributed by atoms with Gasteiger partial charge in [0.25, 0.3) is 0 Å². The number of rotatable bonds is 10. The molecule has 34 heavy (non-hydrogen) atoms. The Labute approximate surface area is 200 Å². The summed E-state index contributed by atoms with van der Waals surface area (Å²) >= 11 is 0. The molecule has 0 radical (unpaired) electrons. The van der Waals surface area contributed by atoms with Crippen molar-refractivity contribution in [3.05, 3.63) is 54.6 Å². The van der Waals surface area contributed by atoms with E-state index in [4.69, 9.17) is 9.47 Å². The summed E-state index contributed by atoms with van der Waals surface area (Å²) in [5, 5.41) is 15.3. The number of ether oxygens (including phenoxy) is 2. The molecule has 0 unspecified atom stereocenters. The number of carbonyl (C=O) groups excluding carboxylic acids is 1. The Morgan fingerprint density at radius 1 is 1.09 bits per heavy atom. The van der Waals surface area contributed by atoms with Gasteiger partial charge in [0.1, 0.15) is 11.5 Å². The minimum atomic E-state index is -3.81. The zero-order valence-corrected chi connectivity index (χ0v) is 20.3. The summed E-state index contributed by atoms with van der Waals surface area (Å²) < 4.78 is 40.1. The fraction of sp³-hybridized carbons (Fsp3) is 0.458. The third kappa shape index (κ3) is 7.69. The lowest BCUT2D eigenvalue weighted by Gasteiger charge is -2.36. The maximum Gasteiger partial charge on any atom is 0.314 e. The quantitative estimate of drug-likeness (QED) is 0.405. The van der Waals surface area contributed by atoms with Crippen molar-refractivity contribution in [2.75, 3.05) is 13.2 Å². The van der Waals surface area contributed by atoms with E-state index in [-0.39, 0.29) is 29.7 Å². The van der Waals surface area contributed by atoms with Crippen molar-refractivity contribution in [2.45, 2.75) is 62.3 Å². The van der Waals surface area contributed by atoms with Crippen LogP contribution in [0.4, 0.5) is 4.79 Å². The van der Waals surface area contributed by atoms with Crippen LogP contribution in [0, 0.1) is 0 Å². The van der Waals surface area contributed by atoms with E-state index in [1.165, 1.54) is 12.1 Å². The number of para-hydroxylation sites is 1. The average molecular weight is 492 g/mol. The minimum Gasteiger partial charge on any atom is -0.457 e. The lowest BCUT2D eigenvalue weighted by atomic mass is 9.98. The van der Waals surface area contributed by atoms with Crippen molar-refractivity contribution < 1.29 is 27.8 Å². The van der Waals surface area contributed by atoms with E-state index in [2.05, 4.69) is 15.4 Å². The van der Waals surface area contributed by atoms with Crippen LogP contribution in [0.2, 0.25) is 0 Å². The highest BCUT2D eigenvalue weighted by atomic mass is 32.2. The van der Waals surface area contributed by atoms with Gasteiger partial charge >= 0.3 is 6.03 Å². The molecule has 10 heteroatoms. The van der Waals surface area contributed by atoms with E-state index in [9.17, 15) is 18.3 Å². The molecular weight excluding hydrogens is 458 g/mol. The third-order valence-electron chi connectivity index (χ3n) is 5.39. The van der Waals surface area contributed by atoms with Gasteiger partial charge < -0.3 is 25.2 Å². The van der Waals surface area contributed by atoms with Gasteiger partial charge in [-0.15, -0.1) is 0 Å². The number of hydrogen-bond acceptors (Lipinski definition) is 6. The first-order valence-corrected chi connectivity index (χ1v) is 12.9. The highest BCUT2D eigenvalue weighted by molar-refractivity contribution is 7.89. The van der Waals surface area contributed by atoms with Gasteiger partial charge in [-0.3, -0.25) is 0 Å². The minimum absolute atomic E-state index is 0.0473. The SMILES string of the molecule is CC(C)NC(=O)NCC[C@@H]1CC[C@H](NS(=O)(=O)c2ccc(Oc3ccccc3)cc2)[C@@H](CO)O1. The number of nitrogens with one attached hydrogen (secondary N) is 3. The summed E-state index contributed by atoms with van der Waals surface area (Å²) in [4.78, 5) is 11.8. The molecule has 2 aromatic rings. The van der Waals surface area contributed by atoms with Crippen LogP contribution in [0.3, 0.4) is 0 Å². The van der Waals surface area contributed by atoms with Crippen LogP contribution < -0.4 is 20.1 Å². The second-order valence-electron chi connectivity index (χ2n) is 8.51. The van der Waals surface area contributed by atoms with Crippen LogP contribution in [0.15, 0.2) is 59.5 Å². The van der Waals surface area contributed by atoms with Crippen molar-refractivity contribution >= 4 is 16.1 Å². The van der Waals surface area contributed by atoms with Crippen LogP contribution in [0.1, 0.15) is 33.1 Å². The molecule has 0 aliphatic carbocycles. The van der Waals surface area contributed by atoms with Gasteiger partial charge in [0, 0.05) is 12.6 Å². The Morgan fingerprint density at radius 3 is 2.41 bits per heavy atom. The largest absolute Gasteiger partial charge is 0.457 e. The van der Waals surface area contributed by atoms with Crippen molar-refractivity contribution in [1.82, 2.24) is 15.4 Å². The average Bonchev–Trinajstić information content (AvgIpc) is 2.80. The number of urea groups is 1. The summed E-state index contributed by atoms with van der Waals surface area (Å²) in [6.07, 6.45) is 0.860. The second kappa shape index (κ2) is 12.2. The monoisotopic (exact) mass is 491 g/mol. The lowest BCUT2D eigenvalue weighted by molar-refractivity contribution is -0.0871. The van der Waals surface area contributed by atoms with E-state index in [0.29, 0.717) is 37.3 Å². The summed E-state index contributed by atoms with van der Waals surface area (Å²) in [6, 6.07) is 14.6. The molecule has 4 N–H and O–H groups in total. The molecule has 1 aliphatic heterocycles. The van der Waals surface area contributed by atoms with Gasteiger partial charge in [0.05, 0.1) is 29.8 Å². The molecule has 0 spiro atoms. The van der Waals surface area contributed by atoms with Gasteiger partial charge in [0.2, 0.25) is 10.0 Å². The van der Waals surface area contributed by atoms with E-state index in [0.717, 1.165) is 0 Å². The summed E-state index contributed by atoms with van der Waals surface area (Å²) in [5.74, 6) is 1.18. The number of carbonyl (C=O) groups is 1. The first-order valence-electron chi connectivity index (χ1n) is 11.4. The van der Waals surface area contributed by atoms with Crippen molar-refractivity contribution in [2.24, 2.45) is 0 Å². The van der Waals surface area contributed by atoms with Crippen molar-refractivity contribution in [3.8, 4) is 11.5 Å². The number of sulfonamides is 1. The van der Waals surface area contributed by atoms with Gasteiger partial charge in [-0.2, -0.15) is 0 Å². The van der Waals surface area contributed by atoms with Gasteiger partial charge in [-0.05, 0) is 69.5 Å². The first-order chi connectivity index (χ1) is 16.3. The maximum atomic E-state index is 12.9. The zero-order valence-electron chi connectivity index (χ0n) is 19.4. The molecule has 1 heterocycles. The molecule has 3 atom stereocenters. The zero-order chi connectivity index (χ0) is 24.6. The predicted octanol–water partition coefficient (Wildman–Crippen LogP) is 2.76. The smallest absolute Gasteiger partial charge is 0.314 e. The fourth-order valence-electron chi connectivity index (χ4n) is 3.72. The number of aliphatic hydroxyl groups is 1. The molecule has 2 aromatic carbocycles. The normalized spacial score (nSPS) is 20.6. The molecule has 2 amide bonds. The molecule has 0 aromatic heterocycles. The van der Waals surface area contributed by atoms with Crippen LogP contribution >= 0.6 is 0 Å². The van der Waals surface area contributed by atoms with E-state index in [1.807, 2.05) is 44.2 Å². The molecule has 1 fully saturated rings. The molecule has 1 saturated heterocycles. The second-order valence-corrected chi connectivity index (χ2v) is 10.2. The Bertz CT molecular complexity index is 1010. The third-order valence-corrected chi connectivity index (χ3v) is 6.89. The van der Waals surface area contributed by atoms with Gasteiger partial charge in [-0.25, -0.2) is 17.9 Å². The highest BCUT2D eigenvalue weighted by Gasteiger charge is 2.33. The Kier molecular flexibility index (Phi) is 9.28. The lowest BCUT2D eigenvalue weighted by Crippen LogP contribution is -2.51. The number of aliphatic hydroxyl groups excluding tert-OH is 1. The van der Waals surface area contributed by atoms with Gasteiger partial charge in [-0.1, -0.05) is 18.2 Å². The van der Waals surface area contributed by atoms with Crippen molar-refractivity contribution in [3.63, 3.8) is 0 Å². The summed E-state index contributed by atoms with van der Waals surface area (Å²) in [6.45, 7) is 3.87.